The summed E-state index contributed by atoms with van der Waals surface area (Å²) in [5, 5.41) is 9.70. The van der Waals surface area contributed by atoms with E-state index in [1.807, 2.05) is 37.3 Å². The first-order valence-corrected chi connectivity index (χ1v) is 16.9. The molecule has 0 aliphatic carbocycles. The molecule has 1 saturated heterocycles. The number of rotatable bonds is 12. The molecule has 1 spiro atoms. The molecular weight excluding hydrogens is 656 g/mol. The Bertz CT molecular complexity index is 1640. The molecule has 12 heteroatoms. The van der Waals surface area contributed by atoms with E-state index in [4.69, 9.17) is 27.9 Å². The smallest absolute Gasteiger partial charge is 0.414 e. The number of carbonyl (C=O) groups excluding carboxylic acids is 3. The Kier molecular flexibility index (Phi) is 11.3. The topological polar surface area (TPSA) is 103 Å². The predicted molar refractivity (Wildman–Crippen MR) is 186 cm³/mol. The molecule has 256 valence electrons. The fourth-order valence-corrected chi connectivity index (χ4v) is 6.78. The Hall–Kier alpha value is -3.70. The number of nitrogens with one attached hydrogen (secondary N) is 3. The van der Waals surface area contributed by atoms with Gasteiger partial charge in [-0.1, -0.05) is 59.6 Å². The van der Waals surface area contributed by atoms with Crippen LogP contribution in [0.1, 0.15) is 42.9 Å². The van der Waals surface area contributed by atoms with E-state index in [0.29, 0.717) is 85.3 Å². The largest absolute Gasteiger partial charge is 0.437 e. The van der Waals surface area contributed by atoms with Crippen molar-refractivity contribution in [3.05, 3.63) is 99.3 Å². The number of fused-ring (bicyclic) bond motifs is 2. The summed E-state index contributed by atoms with van der Waals surface area (Å²) in [4.78, 5) is 44.1. The lowest BCUT2D eigenvalue weighted by Crippen LogP contribution is -2.55. The van der Waals surface area contributed by atoms with Gasteiger partial charge in [0, 0.05) is 58.1 Å². The summed E-state index contributed by atoms with van der Waals surface area (Å²) < 4.78 is 20.3. The van der Waals surface area contributed by atoms with Crippen LogP contribution in [-0.2, 0) is 31.8 Å². The van der Waals surface area contributed by atoms with Crippen molar-refractivity contribution in [3.63, 3.8) is 0 Å². The van der Waals surface area contributed by atoms with E-state index in [1.165, 1.54) is 17.0 Å². The summed E-state index contributed by atoms with van der Waals surface area (Å²) >= 11 is 12.7. The van der Waals surface area contributed by atoms with Gasteiger partial charge in [0.1, 0.15) is 17.5 Å². The number of anilines is 1. The van der Waals surface area contributed by atoms with Gasteiger partial charge in [-0.15, -0.1) is 0 Å². The predicted octanol–water partition coefficient (Wildman–Crippen LogP) is 5.42. The molecule has 0 unspecified atom stereocenters. The highest BCUT2D eigenvalue weighted by Crippen LogP contribution is 2.45. The Morgan fingerprint density at radius 1 is 1.02 bits per heavy atom. The number of amides is 3. The minimum Gasteiger partial charge on any atom is -0.437 e. The molecule has 5 rings (SSSR count). The molecule has 0 aromatic heterocycles. The Balaban J connectivity index is 1.35. The van der Waals surface area contributed by atoms with Gasteiger partial charge in [-0.2, -0.15) is 0 Å². The lowest BCUT2D eigenvalue weighted by Gasteiger charge is -2.46. The molecule has 9 nitrogen and oxygen atoms in total. The number of hydrogen-bond donors (Lipinski definition) is 3. The van der Waals surface area contributed by atoms with Crippen LogP contribution < -0.4 is 20.9 Å². The summed E-state index contributed by atoms with van der Waals surface area (Å²) in [6.07, 6.45) is 1.21. The molecule has 3 amide bonds. The second-order valence-corrected chi connectivity index (χ2v) is 13.6. The molecule has 2 atom stereocenters. The molecule has 3 aromatic rings. The molecule has 3 aromatic carbocycles. The highest BCUT2D eigenvalue weighted by molar-refractivity contribution is 6.42. The third kappa shape index (κ3) is 7.78. The zero-order chi connectivity index (χ0) is 34.5. The minimum atomic E-state index is -1.08. The van der Waals surface area contributed by atoms with Gasteiger partial charge >= 0.3 is 6.09 Å². The standard InChI is InChI=1S/C36H42Cl2FN5O4/c1-35(25-9-11-28(37)29(38)22-25,33(46)42-30(32(45)41-17-16-40-2)21-24-7-5-4-6-8-24)13-18-44-19-14-36(15-20-44)27-23-26(39)10-12-31(27)43(3)34(47)48-36/h4-12,22-23,30,40H,13-21H2,1-3H3,(H,41,45)(H,42,46)/t30-,35-/m1/s1. The van der Waals surface area contributed by atoms with E-state index in [2.05, 4.69) is 20.9 Å². The normalized spacial score (nSPS) is 17.6. The average Bonchev–Trinajstić information content (AvgIpc) is 3.08. The number of likely N-dealkylation sites (N-methyl/N-ethyl adjacent to an activating group) is 1. The van der Waals surface area contributed by atoms with Crippen molar-refractivity contribution >= 4 is 46.8 Å². The van der Waals surface area contributed by atoms with Gasteiger partial charge in [-0.3, -0.25) is 14.5 Å². The summed E-state index contributed by atoms with van der Waals surface area (Å²) in [6.45, 7) is 4.52. The minimum absolute atomic E-state index is 0.273. The number of piperidine rings is 1. The molecule has 2 aliphatic heterocycles. The molecule has 0 bridgehead atoms. The first-order valence-electron chi connectivity index (χ1n) is 16.2. The number of carbonyl (C=O) groups is 3. The lowest BCUT2D eigenvalue weighted by molar-refractivity contribution is -0.132. The summed E-state index contributed by atoms with van der Waals surface area (Å²) in [6, 6.07) is 18.3. The lowest BCUT2D eigenvalue weighted by atomic mass is 9.77. The Labute approximate surface area is 291 Å². The molecule has 48 heavy (non-hydrogen) atoms. The maximum absolute atomic E-state index is 14.4. The van der Waals surface area contributed by atoms with Crippen molar-refractivity contribution in [2.45, 2.75) is 49.7 Å². The van der Waals surface area contributed by atoms with Crippen molar-refractivity contribution in [2.75, 3.05) is 51.7 Å². The highest BCUT2D eigenvalue weighted by Gasteiger charge is 2.47. The number of ether oxygens (including phenoxy) is 1. The van der Waals surface area contributed by atoms with Gasteiger partial charge < -0.3 is 25.6 Å². The third-order valence-electron chi connectivity index (χ3n) is 9.60. The van der Waals surface area contributed by atoms with Crippen molar-refractivity contribution in [3.8, 4) is 0 Å². The van der Waals surface area contributed by atoms with Crippen LogP contribution >= 0.6 is 23.2 Å². The van der Waals surface area contributed by atoms with Crippen LogP contribution in [0.25, 0.3) is 0 Å². The quantitative estimate of drug-likeness (QED) is 0.219. The molecule has 0 radical (unpaired) electrons. The van der Waals surface area contributed by atoms with Gasteiger partial charge in [-0.25, -0.2) is 9.18 Å². The van der Waals surface area contributed by atoms with Crippen LogP contribution in [0, 0.1) is 5.82 Å². The van der Waals surface area contributed by atoms with Crippen molar-refractivity contribution in [1.82, 2.24) is 20.9 Å². The van der Waals surface area contributed by atoms with E-state index in [1.54, 1.807) is 38.4 Å². The molecule has 2 aliphatic rings. The monoisotopic (exact) mass is 697 g/mol. The van der Waals surface area contributed by atoms with E-state index in [9.17, 15) is 18.8 Å². The maximum atomic E-state index is 14.4. The van der Waals surface area contributed by atoms with Gasteiger partial charge in [0.15, 0.2) is 0 Å². The highest BCUT2D eigenvalue weighted by atomic mass is 35.5. The average molecular weight is 699 g/mol. The van der Waals surface area contributed by atoms with E-state index in [0.717, 1.165) is 5.56 Å². The van der Waals surface area contributed by atoms with E-state index >= 15 is 0 Å². The number of nitrogens with zero attached hydrogens (tertiary/aromatic N) is 2. The summed E-state index contributed by atoms with van der Waals surface area (Å²) in [5.74, 6) is -0.969. The van der Waals surface area contributed by atoms with Crippen LogP contribution in [0.2, 0.25) is 10.0 Å². The van der Waals surface area contributed by atoms with Gasteiger partial charge in [0.25, 0.3) is 0 Å². The maximum Gasteiger partial charge on any atom is 0.414 e. The number of hydrogen-bond acceptors (Lipinski definition) is 6. The van der Waals surface area contributed by atoms with Gasteiger partial charge in [0.05, 0.1) is 21.1 Å². The molecule has 1 fully saturated rings. The summed E-state index contributed by atoms with van der Waals surface area (Å²) in [5.41, 5.74) is 0.894. The first kappa shape index (κ1) is 35.6. The summed E-state index contributed by atoms with van der Waals surface area (Å²) in [7, 11) is 3.42. The molecule has 3 N–H and O–H groups in total. The number of benzene rings is 3. The Morgan fingerprint density at radius 2 is 1.75 bits per heavy atom. The zero-order valence-corrected chi connectivity index (χ0v) is 29.0. The molecule has 2 heterocycles. The third-order valence-corrected chi connectivity index (χ3v) is 10.3. The van der Waals surface area contributed by atoms with Crippen LogP contribution in [0.4, 0.5) is 14.9 Å². The van der Waals surface area contributed by atoms with E-state index < -0.39 is 23.2 Å². The van der Waals surface area contributed by atoms with Gasteiger partial charge in [0.2, 0.25) is 11.8 Å². The molecular formula is C36H42Cl2FN5O4. The van der Waals surface area contributed by atoms with Crippen molar-refractivity contribution in [2.24, 2.45) is 0 Å². The zero-order valence-electron chi connectivity index (χ0n) is 27.5. The number of likely N-dealkylation sites (tertiary alicyclic amines) is 1. The second-order valence-electron chi connectivity index (χ2n) is 12.7. The van der Waals surface area contributed by atoms with E-state index in [-0.39, 0.29) is 17.6 Å². The first-order chi connectivity index (χ1) is 23.0. The van der Waals surface area contributed by atoms with Crippen LogP contribution in [0.15, 0.2) is 66.7 Å². The fourth-order valence-electron chi connectivity index (χ4n) is 6.48. The van der Waals surface area contributed by atoms with Crippen LogP contribution in [0.3, 0.4) is 0 Å². The SMILES string of the molecule is CNCCNC(=O)[C@@H](Cc1ccccc1)NC(=O)[C@](C)(CCN1CCC2(CC1)OC(=O)N(C)c1ccc(F)cc12)c1ccc(Cl)c(Cl)c1. The Morgan fingerprint density at radius 3 is 2.44 bits per heavy atom. The second kappa shape index (κ2) is 15.2. The van der Waals surface area contributed by atoms with Gasteiger partial charge in [-0.05, 0) is 68.4 Å². The number of halogens is 3. The fraction of sp³-hybridized carbons (Fsp3) is 0.417. The van der Waals surface area contributed by atoms with Crippen LogP contribution in [-0.4, -0.2) is 75.7 Å². The van der Waals surface area contributed by atoms with Crippen molar-refractivity contribution < 1.29 is 23.5 Å². The molecule has 0 saturated carbocycles. The van der Waals surface area contributed by atoms with Crippen molar-refractivity contribution in [1.29, 1.82) is 0 Å². The van der Waals surface area contributed by atoms with Crippen LogP contribution in [0.5, 0.6) is 0 Å².